The second-order valence-corrected chi connectivity index (χ2v) is 6.66. The molecule has 1 aromatic heterocycles. The Morgan fingerprint density at radius 1 is 1.56 bits per heavy atom. The van der Waals surface area contributed by atoms with Crippen molar-refractivity contribution in [2.75, 3.05) is 20.1 Å². The maximum Gasteiger partial charge on any atom is 0.317 e. The molecule has 1 heterocycles. The number of thiophene rings is 1. The monoisotopic (exact) mass is 290 g/mol. The number of amides is 2. The van der Waals surface area contributed by atoms with Crippen molar-refractivity contribution >= 4 is 29.0 Å². The first kappa shape index (κ1) is 15.3. The molecule has 4 nitrogen and oxygen atoms in total. The molecule has 0 spiro atoms. The lowest BCUT2D eigenvalue weighted by Gasteiger charge is -2.25. The highest BCUT2D eigenvalue weighted by Gasteiger charge is 2.18. The number of nitrogens with zero attached hydrogens (tertiary/aromatic N) is 1. The normalized spacial score (nSPS) is 11.4. The minimum absolute atomic E-state index is 0.181. The second-order valence-electron chi connectivity index (χ2n) is 4.86. The number of likely N-dealkylation sites (N-methyl/N-ethyl adjacent to an activating group) is 1. The summed E-state index contributed by atoms with van der Waals surface area (Å²) >= 11 is 7.34. The summed E-state index contributed by atoms with van der Waals surface area (Å²) in [5, 5.41) is 12.4. The summed E-state index contributed by atoms with van der Waals surface area (Å²) in [5.74, 6) is 0. The third-order valence-electron chi connectivity index (χ3n) is 2.25. The van der Waals surface area contributed by atoms with E-state index >= 15 is 0 Å². The van der Waals surface area contributed by atoms with E-state index in [1.807, 2.05) is 12.1 Å². The first-order valence-corrected chi connectivity index (χ1v) is 6.93. The van der Waals surface area contributed by atoms with Crippen LogP contribution in [0, 0.1) is 0 Å². The van der Waals surface area contributed by atoms with Crippen molar-refractivity contribution in [1.82, 2.24) is 10.2 Å². The summed E-state index contributed by atoms with van der Waals surface area (Å²) in [7, 11) is 1.66. The van der Waals surface area contributed by atoms with Gasteiger partial charge in [-0.2, -0.15) is 0 Å². The largest absolute Gasteiger partial charge is 0.389 e. The van der Waals surface area contributed by atoms with E-state index in [1.165, 1.54) is 16.2 Å². The average molecular weight is 291 g/mol. The van der Waals surface area contributed by atoms with E-state index < -0.39 is 5.60 Å². The molecule has 0 unspecified atom stereocenters. The molecule has 0 fully saturated rings. The van der Waals surface area contributed by atoms with Crippen LogP contribution in [0.4, 0.5) is 4.79 Å². The van der Waals surface area contributed by atoms with Crippen LogP contribution in [0.25, 0.3) is 0 Å². The molecule has 0 saturated carbocycles. The molecule has 6 heteroatoms. The molecule has 0 radical (unpaired) electrons. The van der Waals surface area contributed by atoms with Crippen molar-refractivity contribution in [2.45, 2.75) is 25.9 Å². The van der Waals surface area contributed by atoms with E-state index in [4.69, 9.17) is 11.6 Å². The van der Waals surface area contributed by atoms with Crippen LogP contribution >= 0.6 is 22.9 Å². The molecule has 0 aliphatic rings. The predicted octanol–water partition coefficient (Wildman–Crippen LogP) is 2.36. The predicted molar refractivity (Wildman–Crippen MR) is 75.4 cm³/mol. The summed E-state index contributed by atoms with van der Waals surface area (Å²) in [6.07, 6.45) is 0.763. The van der Waals surface area contributed by atoms with Crippen LogP contribution in [-0.4, -0.2) is 41.8 Å². The van der Waals surface area contributed by atoms with E-state index in [9.17, 15) is 9.90 Å². The number of urea groups is 1. The number of rotatable bonds is 5. The number of nitrogens with one attached hydrogen (secondary N) is 1. The van der Waals surface area contributed by atoms with Gasteiger partial charge >= 0.3 is 6.03 Å². The minimum atomic E-state index is -0.882. The van der Waals surface area contributed by atoms with Gasteiger partial charge in [-0.3, -0.25) is 0 Å². The Kier molecular flexibility index (Phi) is 5.44. The van der Waals surface area contributed by atoms with Crippen LogP contribution in [0.2, 0.25) is 4.34 Å². The van der Waals surface area contributed by atoms with Gasteiger partial charge in [0.25, 0.3) is 0 Å². The minimum Gasteiger partial charge on any atom is -0.389 e. The van der Waals surface area contributed by atoms with Gasteiger partial charge in [-0.05, 0) is 32.4 Å². The fourth-order valence-corrected chi connectivity index (χ4v) is 2.65. The molecule has 18 heavy (non-hydrogen) atoms. The average Bonchev–Trinajstić information content (AvgIpc) is 2.61. The molecule has 2 amide bonds. The maximum atomic E-state index is 11.7. The highest BCUT2D eigenvalue weighted by Crippen LogP contribution is 2.21. The van der Waals surface area contributed by atoms with Gasteiger partial charge < -0.3 is 15.3 Å². The smallest absolute Gasteiger partial charge is 0.317 e. The fraction of sp³-hybridized carbons (Fsp3) is 0.583. The Morgan fingerprint density at radius 2 is 2.22 bits per heavy atom. The Hall–Kier alpha value is -0.780. The third-order valence-corrected chi connectivity index (χ3v) is 3.54. The van der Waals surface area contributed by atoms with Gasteiger partial charge in [0.05, 0.1) is 16.5 Å². The lowest BCUT2D eigenvalue weighted by molar-refractivity contribution is 0.0532. The molecule has 0 saturated heterocycles. The van der Waals surface area contributed by atoms with E-state index in [0.717, 1.165) is 15.6 Å². The number of halogens is 1. The molecule has 1 rings (SSSR count). The molecule has 0 bridgehead atoms. The zero-order valence-electron chi connectivity index (χ0n) is 10.9. The highest BCUT2D eigenvalue weighted by molar-refractivity contribution is 7.16. The lowest BCUT2D eigenvalue weighted by atomic mass is 10.1. The summed E-state index contributed by atoms with van der Waals surface area (Å²) in [6.45, 7) is 4.20. The Balaban J connectivity index is 2.28. The number of carbonyl (C=O) groups excluding carboxylic acids is 1. The standard InChI is InChI=1S/C12H19ClN2O2S/c1-12(2,17)8-15(3)11(16)14-7-6-9-4-5-10(13)18-9/h4-5,17H,6-8H2,1-3H3,(H,14,16). The molecular weight excluding hydrogens is 272 g/mol. The van der Waals surface area contributed by atoms with Crippen LogP contribution in [0.3, 0.4) is 0 Å². The number of hydrogen-bond donors (Lipinski definition) is 2. The first-order valence-electron chi connectivity index (χ1n) is 5.73. The number of aliphatic hydroxyl groups is 1. The molecule has 0 aliphatic heterocycles. The molecule has 0 aromatic carbocycles. The Labute approximate surface area is 117 Å². The van der Waals surface area contributed by atoms with Crippen molar-refractivity contribution < 1.29 is 9.90 Å². The second kappa shape index (κ2) is 6.41. The Morgan fingerprint density at radius 3 is 2.72 bits per heavy atom. The van der Waals surface area contributed by atoms with Crippen LogP contribution < -0.4 is 5.32 Å². The van der Waals surface area contributed by atoms with Crippen LogP contribution in [0.1, 0.15) is 18.7 Å². The first-order chi connectivity index (χ1) is 8.28. The van der Waals surface area contributed by atoms with Crippen LogP contribution in [0.5, 0.6) is 0 Å². The van der Waals surface area contributed by atoms with E-state index in [1.54, 1.807) is 20.9 Å². The summed E-state index contributed by atoms with van der Waals surface area (Å²) in [6, 6.07) is 3.63. The zero-order chi connectivity index (χ0) is 13.8. The van der Waals surface area contributed by atoms with Gasteiger partial charge in [0.2, 0.25) is 0 Å². The third kappa shape index (κ3) is 5.71. The van der Waals surface area contributed by atoms with Crippen molar-refractivity contribution in [3.05, 3.63) is 21.3 Å². The van der Waals surface area contributed by atoms with Gasteiger partial charge in [0.15, 0.2) is 0 Å². The SMILES string of the molecule is CN(CC(C)(C)O)C(=O)NCCc1ccc(Cl)s1. The molecular formula is C12H19ClN2O2S. The lowest BCUT2D eigenvalue weighted by Crippen LogP contribution is -2.45. The molecule has 102 valence electrons. The Bertz CT molecular complexity index is 401. The van der Waals surface area contributed by atoms with Gasteiger partial charge in [-0.15, -0.1) is 11.3 Å². The quantitative estimate of drug-likeness (QED) is 0.875. The van der Waals surface area contributed by atoms with Crippen LogP contribution in [0.15, 0.2) is 12.1 Å². The fourth-order valence-electron chi connectivity index (χ4n) is 1.57. The summed E-state index contributed by atoms with van der Waals surface area (Å²) < 4.78 is 0.760. The summed E-state index contributed by atoms with van der Waals surface area (Å²) in [5.41, 5.74) is -0.882. The van der Waals surface area contributed by atoms with Gasteiger partial charge in [0.1, 0.15) is 0 Å². The van der Waals surface area contributed by atoms with E-state index in [0.29, 0.717) is 13.1 Å². The molecule has 0 aliphatic carbocycles. The van der Waals surface area contributed by atoms with Crippen molar-refractivity contribution in [3.8, 4) is 0 Å². The van der Waals surface area contributed by atoms with Gasteiger partial charge in [0, 0.05) is 18.5 Å². The molecule has 2 N–H and O–H groups in total. The van der Waals surface area contributed by atoms with Crippen molar-refractivity contribution in [2.24, 2.45) is 0 Å². The van der Waals surface area contributed by atoms with Crippen molar-refractivity contribution in [3.63, 3.8) is 0 Å². The zero-order valence-corrected chi connectivity index (χ0v) is 12.4. The van der Waals surface area contributed by atoms with Crippen LogP contribution in [-0.2, 0) is 6.42 Å². The van der Waals surface area contributed by atoms with Crippen molar-refractivity contribution in [1.29, 1.82) is 0 Å². The van der Waals surface area contributed by atoms with E-state index in [-0.39, 0.29) is 6.03 Å². The number of hydrogen-bond acceptors (Lipinski definition) is 3. The number of carbonyl (C=O) groups is 1. The summed E-state index contributed by atoms with van der Waals surface area (Å²) in [4.78, 5) is 14.3. The molecule has 0 atom stereocenters. The highest BCUT2D eigenvalue weighted by atomic mass is 35.5. The van der Waals surface area contributed by atoms with Gasteiger partial charge in [-0.1, -0.05) is 11.6 Å². The van der Waals surface area contributed by atoms with E-state index in [2.05, 4.69) is 5.32 Å². The van der Waals surface area contributed by atoms with Gasteiger partial charge in [-0.25, -0.2) is 4.79 Å². The maximum absolute atomic E-state index is 11.7. The molecule has 1 aromatic rings. The topological polar surface area (TPSA) is 52.6 Å².